The van der Waals surface area contributed by atoms with Crippen LogP contribution in [0, 0.1) is 5.41 Å². The zero-order valence-corrected chi connectivity index (χ0v) is 5.57. The van der Waals surface area contributed by atoms with E-state index in [4.69, 9.17) is 16.4 Å². The third-order valence-electron chi connectivity index (χ3n) is 1.01. The molecule has 6 heteroatoms. The van der Waals surface area contributed by atoms with Gasteiger partial charge in [-0.05, 0) is 0 Å². The Labute approximate surface area is 62.6 Å². The van der Waals surface area contributed by atoms with E-state index in [-0.39, 0.29) is 17.5 Å². The lowest BCUT2D eigenvalue weighted by Crippen LogP contribution is -2.15. The fourth-order valence-corrected chi connectivity index (χ4v) is 0.551. The van der Waals surface area contributed by atoms with Crippen molar-refractivity contribution in [1.82, 2.24) is 9.97 Å². The molecule has 5 N–H and O–H groups in total. The molecule has 0 aliphatic rings. The SMILES string of the molecule is N=C(N)c1nccc(NO)n1. The largest absolute Gasteiger partial charge is 0.381 e. The van der Waals surface area contributed by atoms with E-state index < -0.39 is 0 Å². The molecule has 0 aromatic carbocycles. The number of nitrogens with two attached hydrogens (primary N) is 1. The molecule has 0 aliphatic heterocycles. The summed E-state index contributed by atoms with van der Waals surface area (Å²) in [4.78, 5) is 7.34. The second kappa shape index (κ2) is 2.93. The Hall–Kier alpha value is -1.69. The Bertz CT molecular complexity index is 273. The Morgan fingerprint density at radius 2 is 2.45 bits per heavy atom. The minimum absolute atomic E-state index is 0.0871. The van der Waals surface area contributed by atoms with Crippen LogP contribution in [0.5, 0.6) is 0 Å². The van der Waals surface area contributed by atoms with Gasteiger partial charge in [0.1, 0.15) is 0 Å². The van der Waals surface area contributed by atoms with E-state index in [0.29, 0.717) is 0 Å². The molecule has 1 heterocycles. The van der Waals surface area contributed by atoms with Gasteiger partial charge in [0, 0.05) is 12.3 Å². The van der Waals surface area contributed by atoms with Gasteiger partial charge in [-0.15, -0.1) is 0 Å². The molecule has 1 aromatic heterocycles. The van der Waals surface area contributed by atoms with Gasteiger partial charge in [-0.1, -0.05) is 0 Å². The highest BCUT2D eigenvalue weighted by Crippen LogP contribution is 1.98. The first-order valence-corrected chi connectivity index (χ1v) is 2.81. The number of nitrogens with one attached hydrogen (secondary N) is 2. The Morgan fingerprint density at radius 1 is 1.73 bits per heavy atom. The fraction of sp³-hybridized carbons (Fsp3) is 0. The molecular weight excluding hydrogens is 146 g/mol. The molecular formula is C5H7N5O. The first-order valence-electron chi connectivity index (χ1n) is 2.81. The number of nitrogens with zero attached hydrogens (tertiary/aromatic N) is 2. The monoisotopic (exact) mass is 153 g/mol. The lowest BCUT2D eigenvalue weighted by molar-refractivity contribution is 0.385. The molecule has 0 atom stereocenters. The summed E-state index contributed by atoms with van der Waals surface area (Å²) < 4.78 is 0. The Kier molecular flexibility index (Phi) is 1.98. The summed E-state index contributed by atoms with van der Waals surface area (Å²) in [7, 11) is 0. The molecule has 0 saturated heterocycles. The van der Waals surface area contributed by atoms with Crippen molar-refractivity contribution in [3.8, 4) is 0 Å². The van der Waals surface area contributed by atoms with Crippen LogP contribution in [0.25, 0.3) is 0 Å². The molecule has 0 fully saturated rings. The molecule has 0 radical (unpaired) electrons. The Morgan fingerprint density at radius 3 is 3.00 bits per heavy atom. The van der Waals surface area contributed by atoms with E-state index in [1.54, 1.807) is 0 Å². The van der Waals surface area contributed by atoms with Gasteiger partial charge in [0.15, 0.2) is 17.5 Å². The van der Waals surface area contributed by atoms with Crippen LogP contribution < -0.4 is 11.2 Å². The minimum atomic E-state index is -0.234. The zero-order valence-electron chi connectivity index (χ0n) is 5.57. The van der Waals surface area contributed by atoms with Crippen LogP contribution in [0.4, 0.5) is 5.82 Å². The summed E-state index contributed by atoms with van der Waals surface area (Å²) in [6, 6.07) is 1.45. The number of hydrogen-bond acceptors (Lipinski definition) is 5. The number of aromatic nitrogens is 2. The van der Waals surface area contributed by atoms with Crippen LogP contribution in [0.3, 0.4) is 0 Å². The van der Waals surface area contributed by atoms with Crippen LogP contribution in [-0.4, -0.2) is 21.0 Å². The van der Waals surface area contributed by atoms with Crippen molar-refractivity contribution in [2.75, 3.05) is 5.48 Å². The van der Waals surface area contributed by atoms with Crippen molar-refractivity contribution in [3.63, 3.8) is 0 Å². The first-order chi connectivity index (χ1) is 5.24. The highest BCUT2D eigenvalue weighted by molar-refractivity contribution is 5.91. The molecule has 0 spiro atoms. The van der Waals surface area contributed by atoms with Crippen LogP contribution in [0.2, 0.25) is 0 Å². The lowest BCUT2D eigenvalue weighted by Gasteiger charge is -1.98. The van der Waals surface area contributed by atoms with E-state index in [1.807, 2.05) is 5.48 Å². The zero-order chi connectivity index (χ0) is 8.27. The average molecular weight is 153 g/mol. The molecule has 0 bridgehead atoms. The first kappa shape index (κ1) is 7.42. The van der Waals surface area contributed by atoms with Gasteiger partial charge in [-0.25, -0.2) is 9.97 Å². The number of rotatable bonds is 2. The van der Waals surface area contributed by atoms with Gasteiger partial charge in [0.05, 0.1) is 0 Å². The second-order valence-corrected chi connectivity index (χ2v) is 1.79. The van der Waals surface area contributed by atoms with Crippen LogP contribution in [0.15, 0.2) is 12.3 Å². The topological polar surface area (TPSA) is 108 Å². The van der Waals surface area contributed by atoms with E-state index >= 15 is 0 Å². The fourth-order valence-electron chi connectivity index (χ4n) is 0.551. The highest BCUT2D eigenvalue weighted by atomic mass is 16.5. The lowest BCUT2D eigenvalue weighted by atomic mass is 10.5. The third kappa shape index (κ3) is 1.62. The molecule has 1 aromatic rings. The van der Waals surface area contributed by atoms with Gasteiger partial charge >= 0.3 is 0 Å². The molecule has 6 nitrogen and oxygen atoms in total. The maximum Gasteiger partial charge on any atom is 0.196 e. The number of anilines is 1. The van der Waals surface area contributed by atoms with Gasteiger partial charge < -0.3 is 5.73 Å². The predicted octanol–water partition coefficient (Wildman–Crippen LogP) is -0.438. The van der Waals surface area contributed by atoms with Crippen molar-refractivity contribution in [3.05, 3.63) is 18.1 Å². The summed E-state index contributed by atoms with van der Waals surface area (Å²) >= 11 is 0. The van der Waals surface area contributed by atoms with Gasteiger partial charge in [0.25, 0.3) is 0 Å². The van der Waals surface area contributed by atoms with Gasteiger partial charge in [-0.3, -0.25) is 16.1 Å². The number of nitrogen functional groups attached to an aromatic ring is 1. The van der Waals surface area contributed by atoms with Crippen molar-refractivity contribution in [1.29, 1.82) is 5.41 Å². The second-order valence-electron chi connectivity index (χ2n) is 1.79. The normalized spacial score (nSPS) is 9.18. The maximum atomic E-state index is 8.39. The number of hydrogen-bond donors (Lipinski definition) is 4. The minimum Gasteiger partial charge on any atom is -0.381 e. The predicted molar refractivity (Wildman–Crippen MR) is 38.5 cm³/mol. The maximum absolute atomic E-state index is 8.39. The summed E-state index contributed by atoms with van der Waals surface area (Å²) in [6.45, 7) is 0. The standard InChI is InChI=1S/C5H7N5O/c6-4(7)5-8-2-1-3(9-5)10-11/h1-2,11H,(H3,6,7)(H,8,9,10). The van der Waals surface area contributed by atoms with Crippen molar-refractivity contribution >= 4 is 11.7 Å². The van der Waals surface area contributed by atoms with E-state index in [1.165, 1.54) is 12.3 Å². The summed E-state index contributed by atoms with van der Waals surface area (Å²) in [5.74, 6) is 0.0661. The van der Waals surface area contributed by atoms with Crippen molar-refractivity contribution in [2.24, 2.45) is 5.73 Å². The highest BCUT2D eigenvalue weighted by Gasteiger charge is 1.99. The third-order valence-corrected chi connectivity index (χ3v) is 1.01. The van der Waals surface area contributed by atoms with E-state index in [9.17, 15) is 0 Å². The van der Waals surface area contributed by atoms with Gasteiger partial charge in [-0.2, -0.15) is 0 Å². The molecule has 0 amide bonds. The van der Waals surface area contributed by atoms with E-state index in [0.717, 1.165) is 0 Å². The Balaban J connectivity index is 3.01. The van der Waals surface area contributed by atoms with Gasteiger partial charge in [0.2, 0.25) is 0 Å². The van der Waals surface area contributed by atoms with E-state index in [2.05, 4.69) is 9.97 Å². The van der Waals surface area contributed by atoms with Crippen LogP contribution in [-0.2, 0) is 0 Å². The average Bonchev–Trinajstić information content (AvgIpc) is 2.05. The summed E-state index contributed by atoms with van der Waals surface area (Å²) in [6.07, 6.45) is 1.39. The van der Waals surface area contributed by atoms with Crippen molar-refractivity contribution in [2.45, 2.75) is 0 Å². The quantitative estimate of drug-likeness (QED) is 0.262. The van der Waals surface area contributed by atoms with Crippen LogP contribution in [0.1, 0.15) is 5.82 Å². The van der Waals surface area contributed by atoms with Crippen LogP contribution >= 0.6 is 0 Å². The molecule has 0 aliphatic carbocycles. The summed E-state index contributed by atoms with van der Waals surface area (Å²) in [5, 5.41) is 15.3. The summed E-state index contributed by atoms with van der Waals surface area (Å²) in [5.41, 5.74) is 6.91. The molecule has 0 unspecified atom stereocenters. The smallest absolute Gasteiger partial charge is 0.196 e. The molecule has 1 rings (SSSR count). The number of amidine groups is 1. The molecule has 58 valence electrons. The molecule has 11 heavy (non-hydrogen) atoms. The molecule has 0 saturated carbocycles. The van der Waals surface area contributed by atoms with Crippen molar-refractivity contribution < 1.29 is 5.21 Å².